The highest BCUT2D eigenvalue weighted by Gasteiger charge is 2.16. The van der Waals surface area contributed by atoms with E-state index in [0.717, 1.165) is 42.5 Å². The van der Waals surface area contributed by atoms with Gasteiger partial charge in [-0.25, -0.2) is 4.79 Å². The molecule has 2 aromatic rings. The minimum absolute atomic E-state index is 0.308. The highest BCUT2D eigenvalue weighted by Crippen LogP contribution is 2.29. The maximum Gasteiger partial charge on any atom is 0.338 e. The first-order chi connectivity index (χ1) is 15.0. The van der Waals surface area contributed by atoms with Gasteiger partial charge in [-0.1, -0.05) is 45.4 Å². The van der Waals surface area contributed by atoms with E-state index in [1.807, 2.05) is 39.0 Å². The molecular formula is C25H33NO5. The van der Waals surface area contributed by atoms with Gasteiger partial charge in [0.2, 0.25) is 0 Å². The summed E-state index contributed by atoms with van der Waals surface area (Å²) in [6.45, 7) is 8.70. The fourth-order valence-electron chi connectivity index (χ4n) is 3.14. The average molecular weight is 428 g/mol. The first-order valence-corrected chi connectivity index (χ1v) is 11.0. The number of benzene rings is 2. The van der Waals surface area contributed by atoms with Gasteiger partial charge in [-0.2, -0.15) is 0 Å². The molecule has 2 rings (SSSR count). The van der Waals surface area contributed by atoms with Gasteiger partial charge >= 0.3 is 5.97 Å². The van der Waals surface area contributed by atoms with Gasteiger partial charge in [-0.15, -0.1) is 0 Å². The smallest absolute Gasteiger partial charge is 0.338 e. The Labute approximate surface area is 184 Å². The Kier molecular flexibility index (Phi) is 9.88. The number of nitrogens with one attached hydrogen (secondary N) is 1. The van der Waals surface area contributed by atoms with E-state index in [4.69, 9.17) is 14.2 Å². The molecule has 0 saturated carbocycles. The lowest BCUT2D eigenvalue weighted by Crippen LogP contribution is -2.22. The molecule has 0 saturated heterocycles. The molecule has 0 heterocycles. The van der Waals surface area contributed by atoms with E-state index in [2.05, 4.69) is 12.2 Å². The van der Waals surface area contributed by atoms with Crippen molar-refractivity contribution in [2.45, 2.75) is 53.4 Å². The molecule has 1 N–H and O–H groups in total. The Hall–Kier alpha value is -3.02. The fraction of sp³-hybridized carbons (Fsp3) is 0.440. The second-order valence-electron chi connectivity index (χ2n) is 7.08. The lowest BCUT2D eigenvalue weighted by atomic mass is 10.0. The van der Waals surface area contributed by atoms with E-state index in [1.165, 1.54) is 0 Å². The third-order valence-corrected chi connectivity index (χ3v) is 4.83. The van der Waals surface area contributed by atoms with Crippen LogP contribution in [0, 0.1) is 0 Å². The molecule has 0 radical (unpaired) electrons. The minimum Gasteiger partial charge on any atom is -0.490 e. The molecule has 0 aromatic heterocycles. The number of carbonyl (C=O) groups is 2. The van der Waals surface area contributed by atoms with Crippen LogP contribution in [-0.4, -0.2) is 31.7 Å². The predicted molar refractivity (Wildman–Crippen MR) is 122 cm³/mol. The van der Waals surface area contributed by atoms with Gasteiger partial charge in [0.05, 0.1) is 18.8 Å². The lowest BCUT2D eigenvalue weighted by molar-refractivity contribution is -0.119. The summed E-state index contributed by atoms with van der Waals surface area (Å²) in [6.07, 6.45) is 3.57. The fourth-order valence-corrected chi connectivity index (χ4v) is 3.14. The number of esters is 1. The van der Waals surface area contributed by atoms with Gasteiger partial charge < -0.3 is 19.5 Å². The lowest BCUT2D eigenvalue weighted by Gasteiger charge is -2.15. The summed E-state index contributed by atoms with van der Waals surface area (Å²) in [6, 6.07) is 10.9. The number of anilines is 1. The van der Waals surface area contributed by atoms with Gasteiger partial charge in [0.15, 0.2) is 18.1 Å². The molecule has 0 aliphatic heterocycles. The van der Waals surface area contributed by atoms with Crippen LogP contribution in [-0.2, 0) is 22.4 Å². The third kappa shape index (κ3) is 7.02. The van der Waals surface area contributed by atoms with E-state index >= 15 is 0 Å². The van der Waals surface area contributed by atoms with Crippen molar-refractivity contribution < 1.29 is 23.8 Å². The van der Waals surface area contributed by atoms with Crippen LogP contribution in [0.25, 0.3) is 0 Å². The Bertz CT molecular complexity index is 856. The number of hydrogen-bond acceptors (Lipinski definition) is 5. The van der Waals surface area contributed by atoms with Crippen LogP contribution >= 0.6 is 0 Å². The van der Waals surface area contributed by atoms with E-state index in [1.54, 1.807) is 18.2 Å². The van der Waals surface area contributed by atoms with Gasteiger partial charge in [0.1, 0.15) is 0 Å². The van der Waals surface area contributed by atoms with Crippen molar-refractivity contribution in [1.82, 2.24) is 0 Å². The molecule has 0 atom stereocenters. The number of unbranched alkanes of at least 4 members (excludes halogenated alkanes) is 1. The molecule has 168 valence electrons. The monoisotopic (exact) mass is 427 g/mol. The van der Waals surface area contributed by atoms with E-state index < -0.39 is 5.97 Å². The zero-order chi connectivity index (χ0) is 22.6. The Balaban J connectivity index is 2.02. The van der Waals surface area contributed by atoms with Gasteiger partial charge in [0, 0.05) is 5.69 Å². The van der Waals surface area contributed by atoms with Crippen LogP contribution in [0.5, 0.6) is 11.5 Å². The maximum absolute atomic E-state index is 12.5. The summed E-state index contributed by atoms with van der Waals surface area (Å²) in [7, 11) is 0. The van der Waals surface area contributed by atoms with Crippen molar-refractivity contribution >= 4 is 17.6 Å². The molecular weight excluding hydrogens is 394 g/mol. The number of ether oxygens (including phenoxy) is 3. The quantitative estimate of drug-likeness (QED) is 0.373. The predicted octanol–water partition coefficient (Wildman–Crippen LogP) is 5.18. The van der Waals surface area contributed by atoms with Crippen molar-refractivity contribution in [2.24, 2.45) is 0 Å². The topological polar surface area (TPSA) is 73.9 Å². The SMILES string of the molecule is CCCCOc1ccc(C(=O)OCC(=O)Nc2c(CC)cccc2CC)cc1OCC. The van der Waals surface area contributed by atoms with Gasteiger partial charge in [0.25, 0.3) is 5.91 Å². The summed E-state index contributed by atoms with van der Waals surface area (Å²) < 4.78 is 16.6. The number of carbonyl (C=O) groups excluding carboxylic acids is 2. The highest BCUT2D eigenvalue weighted by atomic mass is 16.5. The second-order valence-corrected chi connectivity index (χ2v) is 7.08. The molecule has 6 nitrogen and oxygen atoms in total. The van der Waals surface area contributed by atoms with Crippen LogP contribution in [0.2, 0.25) is 0 Å². The number of hydrogen-bond donors (Lipinski definition) is 1. The zero-order valence-corrected chi connectivity index (χ0v) is 19.0. The van der Waals surface area contributed by atoms with E-state index in [0.29, 0.717) is 30.3 Å². The minimum atomic E-state index is -0.587. The number of para-hydroxylation sites is 1. The van der Waals surface area contributed by atoms with Crippen LogP contribution in [0.1, 0.15) is 62.0 Å². The van der Waals surface area contributed by atoms with E-state index in [-0.39, 0.29) is 12.5 Å². The average Bonchev–Trinajstić information content (AvgIpc) is 2.78. The van der Waals surface area contributed by atoms with Crippen molar-refractivity contribution in [3.8, 4) is 11.5 Å². The van der Waals surface area contributed by atoms with Crippen LogP contribution in [0.15, 0.2) is 36.4 Å². The molecule has 0 unspecified atom stereocenters. The van der Waals surface area contributed by atoms with Crippen LogP contribution in [0.4, 0.5) is 5.69 Å². The zero-order valence-electron chi connectivity index (χ0n) is 19.0. The number of amides is 1. The van der Waals surface area contributed by atoms with Crippen molar-refractivity contribution in [1.29, 1.82) is 0 Å². The Morgan fingerprint density at radius 3 is 2.23 bits per heavy atom. The Morgan fingerprint density at radius 1 is 0.903 bits per heavy atom. The number of aryl methyl sites for hydroxylation is 2. The summed E-state index contributed by atoms with van der Waals surface area (Å²) in [5.74, 6) is 0.124. The molecule has 0 fully saturated rings. The molecule has 0 spiro atoms. The van der Waals surface area contributed by atoms with Crippen LogP contribution < -0.4 is 14.8 Å². The second kappa shape index (κ2) is 12.6. The molecule has 6 heteroatoms. The summed E-state index contributed by atoms with van der Waals surface area (Å²) in [5.41, 5.74) is 3.22. The summed E-state index contributed by atoms with van der Waals surface area (Å²) >= 11 is 0. The normalized spacial score (nSPS) is 10.5. The first kappa shape index (κ1) is 24.3. The molecule has 0 aliphatic rings. The van der Waals surface area contributed by atoms with Crippen molar-refractivity contribution in [2.75, 3.05) is 25.1 Å². The molecule has 1 amide bonds. The summed E-state index contributed by atoms with van der Waals surface area (Å²) in [5, 5.41) is 2.90. The van der Waals surface area contributed by atoms with Gasteiger partial charge in [-0.05, 0) is 55.5 Å². The van der Waals surface area contributed by atoms with Crippen molar-refractivity contribution in [3.05, 3.63) is 53.1 Å². The number of rotatable bonds is 12. The largest absolute Gasteiger partial charge is 0.490 e. The van der Waals surface area contributed by atoms with Crippen LogP contribution in [0.3, 0.4) is 0 Å². The molecule has 31 heavy (non-hydrogen) atoms. The summed E-state index contributed by atoms with van der Waals surface area (Å²) in [4.78, 5) is 24.9. The third-order valence-electron chi connectivity index (χ3n) is 4.83. The molecule has 0 aliphatic carbocycles. The first-order valence-electron chi connectivity index (χ1n) is 11.0. The molecule has 2 aromatic carbocycles. The molecule has 0 bridgehead atoms. The Morgan fingerprint density at radius 2 is 1.61 bits per heavy atom. The maximum atomic E-state index is 12.5. The van der Waals surface area contributed by atoms with Crippen molar-refractivity contribution in [3.63, 3.8) is 0 Å². The highest BCUT2D eigenvalue weighted by molar-refractivity contribution is 5.96. The standard InChI is InChI=1S/C25H33NO5/c1-5-9-15-30-21-14-13-20(16-22(21)29-8-4)25(28)31-17-23(27)26-24-18(6-2)11-10-12-19(24)7-3/h10-14,16H,5-9,15,17H2,1-4H3,(H,26,27). The van der Waals surface area contributed by atoms with Gasteiger partial charge in [-0.3, -0.25) is 4.79 Å². The van der Waals surface area contributed by atoms with E-state index in [9.17, 15) is 9.59 Å².